The van der Waals surface area contributed by atoms with Crippen molar-refractivity contribution >= 4 is 5.69 Å². The summed E-state index contributed by atoms with van der Waals surface area (Å²) in [4.78, 5) is 0. The van der Waals surface area contributed by atoms with Crippen LogP contribution in [0.25, 0.3) is 17.1 Å². The lowest BCUT2D eigenvalue weighted by molar-refractivity contribution is 0.552. The molecule has 3 aromatic rings. The Balaban J connectivity index is 2.23. The van der Waals surface area contributed by atoms with Gasteiger partial charge in [-0.25, -0.2) is 8.78 Å². The number of rotatable bonds is 2. The van der Waals surface area contributed by atoms with E-state index < -0.39 is 11.6 Å². The summed E-state index contributed by atoms with van der Waals surface area (Å²) in [6, 6.07) is 9.30. The average Bonchev–Trinajstić information content (AvgIpc) is 2.93. The number of benzene rings is 2. The molecule has 2 aromatic carbocycles. The Morgan fingerprint density at radius 1 is 1.14 bits per heavy atom. The predicted molar refractivity (Wildman–Crippen MR) is 73.7 cm³/mol. The fraction of sp³-hybridized carbons (Fsp3) is 0.0714. The molecule has 0 fully saturated rings. The van der Waals surface area contributed by atoms with Crippen molar-refractivity contribution in [3.8, 4) is 17.1 Å². The number of hydrogen-bond donors (Lipinski definition) is 1. The molecule has 0 radical (unpaired) electrons. The van der Waals surface area contributed by atoms with E-state index in [2.05, 4.69) is 15.5 Å². The van der Waals surface area contributed by atoms with Crippen LogP contribution in [-0.2, 0) is 0 Å². The van der Waals surface area contributed by atoms with Crippen LogP contribution in [0.2, 0.25) is 0 Å². The van der Waals surface area contributed by atoms with E-state index in [-0.39, 0.29) is 11.5 Å². The Labute approximate surface area is 119 Å². The van der Waals surface area contributed by atoms with Crippen LogP contribution in [0.3, 0.4) is 0 Å². The fourth-order valence-electron chi connectivity index (χ4n) is 2.03. The summed E-state index contributed by atoms with van der Waals surface area (Å²) < 4.78 is 29.2. The van der Waals surface area contributed by atoms with E-state index in [1.807, 2.05) is 0 Å². The summed E-state index contributed by atoms with van der Waals surface area (Å²) in [5, 5.41) is 11.0. The van der Waals surface area contributed by atoms with Crippen molar-refractivity contribution < 1.29 is 8.78 Å². The molecular weight excluding hydrogens is 276 g/mol. The number of aryl methyl sites for hydroxylation is 1. The average molecular weight is 287 g/mol. The van der Waals surface area contributed by atoms with Crippen molar-refractivity contribution in [3.05, 3.63) is 53.6 Å². The first-order chi connectivity index (χ1) is 10.1. The Morgan fingerprint density at radius 2 is 1.95 bits per heavy atom. The number of nitrogens with zero attached hydrogens (tertiary/aromatic N) is 4. The van der Waals surface area contributed by atoms with Crippen LogP contribution < -0.4 is 5.73 Å². The van der Waals surface area contributed by atoms with Gasteiger partial charge in [-0.2, -0.15) is 4.68 Å². The second-order valence-electron chi connectivity index (χ2n) is 4.57. The maximum Gasteiger partial charge on any atom is 0.187 e. The van der Waals surface area contributed by atoms with Gasteiger partial charge in [-0.15, -0.1) is 5.10 Å². The van der Waals surface area contributed by atoms with E-state index in [0.29, 0.717) is 16.8 Å². The number of aromatic nitrogens is 4. The smallest absolute Gasteiger partial charge is 0.187 e. The highest BCUT2D eigenvalue weighted by Gasteiger charge is 2.19. The summed E-state index contributed by atoms with van der Waals surface area (Å²) >= 11 is 0. The van der Waals surface area contributed by atoms with Gasteiger partial charge in [0, 0.05) is 11.3 Å². The molecule has 0 atom stereocenters. The topological polar surface area (TPSA) is 69.6 Å². The Bertz CT molecular complexity index is 813. The van der Waals surface area contributed by atoms with Crippen molar-refractivity contribution in [1.29, 1.82) is 0 Å². The van der Waals surface area contributed by atoms with Gasteiger partial charge < -0.3 is 5.73 Å². The summed E-state index contributed by atoms with van der Waals surface area (Å²) in [6.07, 6.45) is 0. The highest BCUT2D eigenvalue weighted by Crippen LogP contribution is 2.25. The largest absolute Gasteiger partial charge is 0.399 e. The first-order valence-electron chi connectivity index (χ1n) is 6.17. The summed E-state index contributed by atoms with van der Waals surface area (Å²) in [6.45, 7) is 1.54. The third-order valence-electron chi connectivity index (χ3n) is 3.09. The Kier molecular flexibility index (Phi) is 3.09. The second-order valence-corrected chi connectivity index (χ2v) is 4.57. The summed E-state index contributed by atoms with van der Waals surface area (Å²) in [5.74, 6) is -1.23. The molecule has 1 heterocycles. The molecule has 7 heteroatoms. The van der Waals surface area contributed by atoms with Crippen LogP contribution in [0.1, 0.15) is 5.56 Å². The van der Waals surface area contributed by atoms with Crippen molar-refractivity contribution in [2.45, 2.75) is 6.92 Å². The van der Waals surface area contributed by atoms with Crippen molar-refractivity contribution in [1.82, 2.24) is 20.2 Å². The van der Waals surface area contributed by atoms with E-state index in [9.17, 15) is 8.78 Å². The molecule has 5 nitrogen and oxygen atoms in total. The van der Waals surface area contributed by atoms with Gasteiger partial charge in [0.15, 0.2) is 17.5 Å². The molecule has 106 valence electrons. The first-order valence-corrected chi connectivity index (χ1v) is 6.17. The lowest BCUT2D eigenvalue weighted by Crippen LogP contribution is -2.07. The van der Waals surface area contributed by atoms with Gasteiger partial charge in [-0.05, 0) is 41.1 Å². The molecule has 0 saturated heterocycles. The zero-order valence-electron chi connectivity index (χ0n) is 11.1. The maximum absolute atomic E-state index is 14.2. The Morgan fingerprint density at radius 3 is 2.71 bits per heavy atom. The molecule has 0 unspecified atom stereocenters. The predicted octanol–water partition coefficient (Wildman–Crippen LogP) is 2.50. The van der Waals surface area contributed by atoms with Crippen molar-refractivity contribution in [3.63, 3.8) is 0 Å². The van der Waals surface area contributed by atoms with Gasteiger partial charge in [0.1, 0.15) is 5.69 Å². The van der Waals surface area contributed by atoms with Crippen LogP contribution >= 0.6 is 0 Å². The second kappa shape index (κ2) is 4.93. The minimum atomic E-state index is -0.740. The standard InChI is InChI=1S/C14H11F2N5/c1-8-5-6-11(15)13(12(8)16)21-14(18-19-20-21)9-3-2-4-10(17)7-9/h2-7H,17H2,1H3. The minimum Gasteiger partial charge on any atom is -0.399 e. The van der Waals surface area contributed by atoms with Crippen LogP contribution in [0.5, 0.6) is 0 Å². The number of tetrazole rings is 1. The Hall–Kier alpha value is -2.83. The van der Waals surface area contributed by atoms with Gasteiger partial charge in [0.25, 0.3) is 0 Å². The van der Waals surface area contributed by atoms with Gasteiger partial charge in [-0.1, -0.05) is 18.2 Å². The normalized spacial score (nSPS) is 10.8. The molecular formula is C14H11F2N5. The minimum absolute atomic E-state index is 0.214. The SMILES string of the molecule is Cc1ccc(F)c(-n2nnnc2-c2cccc(N)c2)c1F. The number of anilines is 1. The number of halogens is 2. The van der Waals surface area contributed by atoms with Crippen LogP contribution in [0.4, 0.5) is 14.5 Å². The number of hydrogen-bond acceptors (Lipinski definition) is 4. The number of nitrogen functional groups attached to an aromatic ring is 1. The van der Waals surface area contributed by atoms with E-state index in [1.165, 1.54) is 12.1 Å². The molecule has 0 amide bonds. The molecule has 3 rings (SSSR count). The van der Waals surface area contributed by atoms with E-state index in [1.54, 1.807) is 31.2 Å². The monoisotopic (exact) mass is 287 g/mol. The van der Waals surface area contributed by atoms with Gasteiger partial charge >= 0.3 is 0 Å². The first kappa shape index (κ1) is 13.2. The third-order valence-corrected chi connectivity index (χ3v) is 3.09. The molecule has 2 N–H and O–H groups in total. The molecule has 0 saturated carbocycles. The van der Waals surface area contributed by atoms with Crippen molar-refractivity contribution in [2.75, 3.05) is 5.73 Å². The third kappa shape index (κ3) is 2.22. The molecule has 0 aliphatic heterocycles. The molecule has 0 bridgehead atoms. The van der Waals surface area contributed by atoms with Crippen LogP contribution in [0.15, 0.2) is 36.4 Å². The lowest BCUT2D eigenvalue weighted by Gasteiger charge is -2.09. The quantitative estimate of drug-likeness (QED) is 0.735. The molecule has 0 spiro atoms. The molecule has 0 aliphatic rings. The highest BCUT2D eigenvalue weighted by atomic mass is 19.1. The van der Waals surface area contributed by atoms with Gasteiger partial charge in [0.05, 0.1) is 0 Å². The van der Waals surface area contributed by atoms with Crippen molar-refractivity contribution in [2.24, 2.45) is 0 Å². The summed E-state index contributed by atoms with van der Waals surface area (Å²) in [5.41, 5.74) is 6.79. The lowest BCUT2D eigenvalue weighted by atomic mass is 10.1. The zero-order chi connectivity index (χ0) is 15.0. The maximum atomic E-state index is 14.2. The molecule has 0 aliphatic carbocycles. The van der Waals surface area contributed by atoms with E-state index in [4.69, 9.17) is 5.73 Å². The zero-order valence-corrected chi connectivity index (χ0v) is 11.1. The van der Waals surface area contributed by atoms with Gasteiger partial charge in [-0.3, -0.25) is 0 Å². The summed E-state index contributed by atoms with van der Waals surface area (Å²) in [7, 11) is 0. The highest BCUT2D eigenvalue weighted by molar-refractivity contribution is 5.62. The van der Waals surface area contributed by atoms with Crippen LogP contribution in [-0.4, -0.2) is 20.2 Å². The fourth-order valence-corrected chi connectivity index (χ4v) is 2.03. The number of nitrogens with two attached hydrogens (primary N) is 1. The van der Waals surface area contributed by atoms with E-state index >= 15 is 0 Å². The van der Waals surface area contributed by atoms with E-state index in [0.717, 1.165) is 4.68 Å². The molecule has 21 heavy (non-hydrogen) atoms. The van der Waals surface area contributed by atoms with Gasteiger partial charge in [0.2, 0.25) is 0 Å². The van der Waals surface area contributed by atoms with Crippen LogP contribution in [0, 0.1) is 18.6 Å². The molecule has 1 aromatic heterocycles.